The number of nitrogens with one attached hydrogen (secondary N) is 1. The van der Waals surface area contributed by atoms with Gasteiger partial charge in [0.15, 0.2) is 0 Å². The summed E-state index contributed by atoms with van der Waals surface area (Å²) in [4.78, 5) is 12.7. The van der Waals surface area contributed by atoms with Gasteiger partial charge in [0, 0.05) is 34.8 Å². The molecule has 8 nitrogen and oxygen atoms in total. The number of nitrogens with two attached hydrogens (primary N) is 1. The summed E-state index contributed by atoms with van der Waals surface area (Å²) in [5.41, 5.74) is 7.73. The van der Waals surface area contributed by atoms with E-state index in [0.29, 0.717) is 24.3 Å². The first-order valence-electron chi connectivity index (χ1n) is 9.22. The molecule has 0 fully saturated rings. The number of nitrogens with zero attached hydrogens (tertiary/aromatic N) is 2. The van der Waals surface area contributed by atoms with Crippen LogP contribution in [0.5, 0.6) is 0 Å². The highest BCUT2D eigenvalue weighted by molar-refractivity contribution is 6.05. The van der Waals surface area contributed by atoms with E-state index >= 15 is 0 Å². The molecule has 1 aromatic carbocycles. The second kappa shape index (κ2) is 8.14. The summed E-state index contributed by atoms with van der Waals surface area (Å²) < 4.78 is 7.17. The van der Waals surface area contributed by atoms with E-state index in [1.54, 1.807) is 18.2 Å². The van der Waals surface area contributed by atoms with Crippen molar-refractivity contribution in [1.29, 1.82) is 0 Å². The highest BCUT2D eigenvalue weighted by Gasteiger charge is 2.24. The van der Waals surface area contributed by atoms with Gasteiger partial charge in [0.2, 0.25) is 5.88 Å². The summed E-state index contributed by atoms with van der Waals surface area (Å²) in [6.45, 7) is 4.71. The first-order valence-corrected chi connectivity index (χ1v) is 9.22. The van der Waals surface area contributed by atoms with Gasteiger partial charge in [0.05, 0.1) is 18.9 Å². The quantitative estimate of drug-likeness (QED) is 0.469. The monoisotopic (exact) mass is 386 g/mol. The predicted molar refractivity (Wildman–Crippen MR) is 106 cm³/mol. The van der Waals surface area contributed by atoms with Gasteiger partial charge in [-0.2, -0.15) is 0 Å². The van der Waals surface area contributed by atoms with Crippen LogP contribution in [-0.2, 0) is 18.6 Å². The number of aromatic nitrogens is 2. The minimum atomic E-state index is -0.560. The van der Waals surface area contributed by atoms with Gasteiger partial charge < -0.3 is 25.0 Å². The zero-order valence-corrected chi connectivity index (χ0v) is 16.1. The number of hydrogen-bond acceptors (Lipinski definition) is 6. The van der Waals surface area contributed by atoms with Crippen LogP contribution in [0.1, 0.15) is 42.0 Å². The Bertz CT molecular complexity index is 974. The largest absolute Gasteiger partial charge is 0.395 e. The number of anilines is 1. The summed E-state index contributed by atoms with van der Waals surface area (Å²) >= 11 is 0. The van der Waals surface area contributed by atoms with Crippen LogP contribution in [0.3, 0.4) is 0 Å². The molecule has 0 saturated carbocycles. The standard InChI is InChI=1S/C20H26N4O4/c1-20(2,12-26)17-10-18(28-23-17)22-19(27)14-5-4-13-8-15(11-25)24(7-3-6-21)16(13)9-14/h4-5,8-10,25-26H,3,6-7,11-12,21H2,1-2H3,(H,22,27). The Morgan fingerprint density at radius 2 is 2.07 bits per heavy atom. The van der Waals surface area contributed by atoms with E-state index in [1.807, 2.05) is 30.5 Å². The van der Waals surface area contributed by atoms with Crippen molar-refractivity contribution in [2.75, 3.05) is 18.5 Å². The molecule has 3 rings (SSSR count). The van der Waals surface area contributed by atoms with Crippen molar-refractivity contribution in [3.8, 4) is 0 Å². The number of aliphatic hydroxyl groups excluding tert-OH is 2. The molecule has 2 aromatic heterocycles. The molecule has 3 aromatic rings. The van der Waals surface area contributed by atoms with Crippen molar-refractivity contribution in [2.45, 2.75) is 38.8 Å². The fraction of sp³-hybridized carbons (Fsp3) is 0.400. The van der Waals surface area contributed by atoms with Crippen LogP contribution in [0.15, 0.2) is 34.9 Å². The number of fused-ring (bicyclic) bond motifs is 1. The minimum Gasteiger partial charge on any atom is -0.395 e. The van der Waals surface area contributed by atoms with Crippen LogP contribution < -0.4 is 11.1 Å². The average Bonchev–Trinajstić information content (AvgIpc) is 3.30. The van der Waals surface area contributed by atoms with Gasteiger partial charge in [-0.3, -0.25) is 10.1 Å². The fourth-order valence-electron chi connectivity index (χ4n) is 3.02. The fourth-order valence-corrected chi connectivity index (χ4v) is 3.02. The van der Waals surface area contributed by atoms with E-state index in [9.17, 15) is 15.0 Å². The van der Waals surface area contributed by atoms with Crippen LogP contribution in [0, 0.1) is 0 Å². The maximum atomic E-state index is 12.7. The van der Waals surface area contributed by atoms with E-state index < -0.39 is 5.41 Å². The molecule has 0 aliphatic rings. The van der Waals surface area contributed by atoms with Gasteiger partial charge in [-0.15, -0.1) is 0 Å². The van der Waals surface area contributed by atoms with Crippen molar-refractivity contribution in [3.05, 3.63) is 47.3 Å². The molecule has 150 valence electrons. The molecular formula is C20H26N4O4. The van der Waals surface area contributed by atoms with Crippen molar-refractivity contribution in [1.82, 2.24) is 9.72 Å². The molecule has 2 heterocycles. The first-order chi connectivity index (χ1) is 13.4. The molecule has 8 heteroatoms. The molecule has 0 saturated heterocycles. The van der Waals surface area contributed by atoms with Crippen molar-refractivity contribution in [3.63, 3.8) is 0 Å². The smallest absolute Gasteiger partial charge is 0.258 e. The van der Waals surface area contributed by atoms with Gasteiger partial charge >= 0.3 is 0 Å². The third-order valence-corrected chi connectivity index (χ3v) is 4.84. The highest BCUT2D eigenvalue weighted by Crippen LogP contribution is 2.25. The lowest BCUT2D eigenvalue weighted by atomic mass is 9.91. The number of benzene rings is 1. The van der Waals surface area contributed by atoms with Gasteiger partial charge in [-0.1, -0.05) is 25.1 Å². The molecule has 0 bridgehead atoms. The Balaban J connectivity index is 1.86. The number of rotatable bonds is 8. The minimum absolute atomic E-state index is 0.0811. The van der Waals surface area contributed by atoms with Crippen LogP contribution in [0.2, 0.25) is 0 Å². The Kier molecular flexibility index (Phi) is 5.83. The molecule has 0 unspecified atom stereocenters. The summed E-state index contributed by atoms with van der Waals surface area (Å²) in [5, 5.41) is 26.6. The van der Waals surface area contributed by atoms with Crippen LogP contribution in [-0.4, -0.2) is 39.0 Å². The van der Waals surface area contributed by atoms with E-state index in [0.717, 1.165) is 23.0 Å². The number of aliphatic hydroxyl groups is 2. The maximum Gasteiger partial charge on any atom is 0.258 e. The third kappa shape index (κ3) is 3.94. The van der Waals surface area contributed by atoms with Crippen LogP contribution >= 0.6 is 0 Å². The Morgan fingerprint density at radius 3 is 2.75 bits per heavy atom. The maximum absolute atomic E-state index is 12.7. The Hall–Kier alpha value is -2.68. The summed E-state index contributed by atoms with van der Waals surface area (Å²) in [7, 11) is 0. The molecular weight excluding hydrogens is 360 g/mol. The second-order valence-corrected chi connectivity index (χ2v) is 7.43. The zero-order chi connectivity index (χ0) is 20.3. The van der Waals surface area contributed by atoms with Crippen molar-refractivity contribution >= 4 is 22.7 Å². The second-order valence-electron chi connectivity index (χ2n) is 7.43. The molecule has 0 spiro atoms. The van der Waals surface area contributed by atoms with Crippen molar-refractivity contribution < 1.29 is 19.5 Å². The number of carbonyl (C=O) groups is 1. The SMILES string of the molecule is CC(C)(CO)c1cc(NC(=O)c2ccc3cc(CO)n(CCCN)c3c2)on1. The van der Waals surface area contributed by atoms with Gasteiger partial charge in [0.1, 0.15) is 0 Å². The lowest BCUT2D eigenvalue weighted by molar-refractivity contribution is 0.102. The van der Waals surface area contributed by atoms with Gasteiger partial charge in [-0.05, 0) is 36.6 Å². The van der Waals surface area contributed by atoms with E-state index in [-0.39, 0.29) is 25.0 Å². The molecule has 0 aliphatic heterocycles. The molecule has 0 radical (unpaired) electrons. The number of carbonyl (C=O) groups excluding carboxylic acids is 1. The van der Waals surface area contributed by atoms with Crippen LogP contribution in [0.4, 0.5) is 5.88 Å². The molecule has 28 heavy (non-hydrogen) atoms. The summed E-state index contributed by atoms with van der Waals surface area (Å²) in [5.74, 6) is -0.111. The first kappa shape index (κ1) is 20.1. The molecule has 1 amide bonds. The Morgan fingerprint density at radius 1 is 1.29 bits per heavy atom. The highest BCUT2D eigenvalue weighted by atomic mass is 16.5. The third-order valence-electron chi connectivity index (χ3n) is 4.84. The topological polar surface area (TPSA) is 127 Å². The summed E-state index contributed by atoms with van der Waals surface area (Å²) in [6.07, 6.45) is 0.773. The Labute approximate surface area is 162 Å². The van der Waals surface area contributed by atoms with Crippen LogP contribution in [0.25, 0.3) is 10.9 Å². The van der Waals surface area contributed by atoms with Crippen molar-refractivity contribution in [2.24, 2.45) is 5.73 Å². The van der Waals surface area contributed by atoms with E-state index in [2.05, 4.69) is 10.5 Å². The molecule has 5 N–H and O–H groups in total. The predicted octanol–water partition coefficient (Wildman–Crippen LogP) is 1.99. The number of hydrogen-bond donors (Lipinski definition) is 4. The van der Waals surface area contributed by atoms with E-state index in [4.69, 9.17) is 10.3 Å². The molecule has 0 aliphatic carbocycles. The normalized spacial score (nSPS) is 11.9. The van der Waals surface area contributed by atoms with E-state index in [1.165, 1.54) is 0 Å². The lowest BCUT2D eigenvalue weighted by Gasteiger charge is -2.16. The number of aryl methyl sites for hydroxylation is 1. The van der Waals surface area contributed by atoms with Gasteiger partial charge in [0.25, 0.3) is 5.91 Å². The average molecular weight is 386 g/mol. The zero-order valence-electron chi connectivity index (χ0n) is 16.1. The molecule has 0 atom stereocenters. The number of amides is 1. The lowest BCUT2D eigenvalue weighted by Crippen LogP contribution is -2.22. The van der Waals surface area contributed by atoms with Gasteiger partial charge in [-0.25, -0.2) is 0 Å². The summed E-state index contributed by atoms with van der Waals surface area (Å²) in [6, 6.07) is 8.88.